The van der Waals surface area contributed by atoms with Crippen molar-refractivity contribution >= 4 is 21.7 Å². The molecule has 17 heavy (non-hydrogen) atoms. The van der Waals surface area contributed by atoms with Crippen LogP contribution >= 0.6 is 15.9 Å². The summed E-state index contributed by atoms with van der Waals surface area (Å²) in [5.74, 6) is -1.70. The summed E-state index contributed by atoms with van der Waals surface area (Å²) in [7, 11) is 0. The lowest BCUT2D eigenvalue weighted by atomic mass is 10.0. The fraction of sp³-hybridized carbons (Fsp3) is 0. The van der Waals surface area contributed by atoms with Gasteiger partial charge in [-0.15, -0.1) is 0 Å². The van der Waals surface area contributed by atoms with Gasteiger partial charge in [-0.1, -0.05) is 18.2 Å². The van der Waals surface area contributed by atoms with Gasteiger partial charge in [-0.2, -0.15) is 0 Å². The van der Waals surface area contributed by atoms with Crippen molar-refractivity contribution in [2.45, 2.75) is 0 Å². The Hall–Kier alpha value is -1.55. The predicted molar refractivity (Wildman–Crippen MR) is 63.9 cm³/mol. The minimum atomic E-state index is -0.637. The Morgan fingerprint density at radius 1 is 1.06 bits per heavy atom. The molecule has 0 N–H and O–H groups in total. The van der Waals surface area contributed by atoms with E-state index in [1.54, 1.807) is 6.07 Å². The van der Waals surface area contributed by atoms with Crippen LogP contribution < -0.4 is 0 Å². The highest BCUT2D eigenvalue weighted by Gasteiger charge is 2.15. The molecule has 0 unspecified atom stereocenters. The lowest BCUT2D eigenvalue weighted by Crippen LogP contribution is -2.04. The van der Waals surface area contributed by atoms with Crippen LogP contribution in [-0.4, -0.2) is 5.78 Å². The monoisotopic (exact) mass is 296 g/mol. The second-order valence-corrected chi connectivity index (χ2v) is 4.30. The normalized spacial score (nSPS) is 10.3. The van der Waals surface area contributed by atoms with Crippen molar-refractivity contribution in [1.82, 2.24) is 0 Å². The van der Waals surface area contributed by atoms with Crippen molar-refractivity contribution < 1.29 is 13.6 Å². The summed E-state index contributed by atoms with van der Waals surface area (Å²) >= 11 is 3.00. The van der Waals surface area contributed by atoms with Gasteiger partial charge in [0.2, 0.25) is 0 Å². The number of halogens is 3. The third kappa shape index (κ3) is 2.42. The van der Waals surface area contributed by atoms with E-state index in [1.165, 1.54) is 30.3 Å². The van der Waals surface area contributed by atoms with Gasteiger partial charge in [0.1, 0.15) is 11.6 Å². The SMILES string of the molecule is O=C(c1cccc(F)c1)c1cccc(Br)c1F. The van der Waals surface area contributed by atoms with Crippen molar-refractivity contribution in [3.63, 3.8) is 0 Å². The molecule has 0 fully saturated rings. The average molecular weight is 297 g/mol. The fourth-order valence-electron chi connectivity index (χ4n) is 1.46. The molecule has 86 valence electrons. The molecule has 1 nitrogen and oxygen atoms in total. The Morgan fingerprint density at radius 2 is 1.76 bits per heavy atom. The highest BCUT2D eigenvalue weighted by atomic mass is 79.9. The molecular formula is C13H7BrF2O. The zero-order valence-electron chi connectivity index (χ0n) is 8.58. The Balaban J connectivity index is 2.48. The Morgan fingerprint density at radius 3 is 2.47 bits per heavy atom. The first-order valence-electron chi connectivity index (χ1n) is 4.84. The van der Waals surface area contributed by atoms with E-state index in [0.29, 0.717) is 0 Å². The molecule has 4 heteroatoms. The summed E-state index contributed by atoms with van der Waals surface area (Å²) in [5.41, 5.74) is 0.0481. The number of hydrogen-bond acceptors (Lipinski definition) is 1. The first kappa shape index (κ1) is 11.9. The van der Waals surface area contributed by atoms with Gasteiger partial charge in [0.05, 0.1) is 10.0 Å². The molecule has 0 aliphatic heterocycles. The zero-order chi connectivity index (χ0) is 12.4. The van der Waals surface area contributed by atoms with Crippen molar-refractivity contribution in [1.29, 1.82) is 0 Å². The van der Waals surface area contributed by atoms with Crippen LogP contribution in [-0.2, 0) is 0 Å². The molecule has 2 aromatic carbocycles. The lowest BCUT2D eigenvalue weighted by Gasteiger charge is -2.04. The highest BCUT2D eigenvalue weighted by Crippen LogP contribution is 2.21. The summed E-state index contributed by atoms with van der Waals surface area (Å²) in [5, 5.41) is 0. The molecule has 2 aromatic rings. The molecule has 0 saturated heterocycles. The minimum Gasteiger partial charge on any atom is -0.288 e. The Kier molecular flexibility index (Phi) is 3.33. The highest BCUT2D eigenvalue weighted by molar-refractivity contribution is 9.10. The van der Waals surface area contributed by atoms with Gasteiger partial charge < -0.3 is 0 Å². The quantitative estimate of drug-likeness (QED) is 0.767. The van der Waals surface area contributed by atoms with E-state index in [0.717, 1.165) is 6.07 Å². The van der Waals surface area contributed by atoms with E-state index in [2.05, 4.69) is 15.9 Å². The standard InChI is InChI=1S/C13H7BrF2O/c14-11-6-2-5-10(12(11)16)13(17)8-3-1-4-9(15)7-8/h1-7H. The Bertz CT molecular complexity index is 581. The molecular weight excluding hydrogens is 290 g/mol. The Labute approximate surface area is 105 Å². The van der Waals surface area contributed by atoms with Crippen molar-refractivity contribution in [2.24, 2.45) is 0 Å². The molecule has 2 rings (SSSR count). The summed E-state index contributed by atoms with van der Waals surface area (Å²) < 4.78 is 26.9. The average Bonchev–Trinajstić information content (AvgIpc) is 2.32. The second kappa shape index (κ2) is 4.75. The molecule has 0 spiro atoms. The lowest BCUT2D eigenvalue weighted by molar-refractivity contribution is 0.103. The smallest absolute Gasteiger partial charge is 0.196 e. The summed E-state index contributed by atoms with van der Waals surface area (Å²) in [4.78, 5) is 11.9. The molecule has 0 aromatic heterocycles. The maximum Gasteiger partial charge on any atom is 0.196 e. The number of hydrogen-bond donors (Lipinski definition) is 0. The maximum atomic E-state index is 13.7. The van der Waals surface area contributed by atoms with Crippen molar-refractivity contribution in [3.8, 4) is 0 Å². The number of ketones is 1. The molecule has 0 atom stereocenters. The molecule has 0 aliphatic rings. The van der Waals surface area contributed by atoms with Crippen LogP contribution in [0.1, 0.15) is 15.9 Å². The van der Waals surface area contributed by atoms with Gasteiger partial charge >= 0.3 is 0 Å². The molecule has 0 radical (unpaired) electrons. The summed E-state index contributed by atoms with van der Waals surface area (Å²) in [6.07, 6.45) is 0. The third-order valence-electron chi connectivity index (χ3n) is 2.28. The number of rotatable bonds is 2. The van der Waals surface area contributed by atoms with Crippen LogP contribution in [0, 0.1) is 11.6 Å². The van der Waals surface area contributed by atoms with Crippen LogP contribution in [0.25, 0.3) is 0 Å². The van der Waals surface area contributed by atoms with Crippen molar-refractivity contribution in [3.05, 3.63) is 69.7 Å². The molecule has 0 bridgehead atoms. The summed E-state index contributed by atoms with van der Waals surface area (Å²) in [6, 6.07) is 9.60. The summed E-state index contributed by atoms with van der Waals surface area (Å²) in [6.45, 7) is 0. The zero-order valence-corrected chi connectivity index (χ0v) is 10.2. The van der Waals surface area contributed by atoms with Gasteiger partial charge in [0.15, 0.2) is 5.78 Å². The maximum absolute atomic E-state index is 13.7. The molecule has 0 amide bonds. The van der Waals surface area contributed by atoms with Crippen LogP contribution in [0.3, 0.4) is 0 Å². The van der Waals surface area contributed by atoms with Gasteiger partial charge in [-0.25, -0.2) is 8.78 Å². The van der Waals surface area contributed by atoms with E-state index in [1.807, 2.05) is 0 Å². The fourth-order valence-corrected chi connectivity index (χ4v) is 1.83. The predicted octanol–water partition coefficient (Wildman–Crippen LogP) is 3.96. The van der Waals surface area contributed by atoms with Crippen molar-refractivity contribution in [2.75, 3.05) is 0 Å². The largest absolute Gasteiger partial charge is 0.288 e. The molecule has 0 aliphatic carbocycles. The van der Waals surface area contributed by atoms with Crippen LogP contribution in [0.5, 0.6) is 0 Å². The molecule has 0 heterocycles. The number of carbonyl (C=O) groups excluding carboxylic acids is 1. The van der Waals surface area contributed by atoms with Gasteiger partial charge in [-0.3, -0.25) is 4.79 Å². The van der Waals surface area contributed by atoms with Gasteiger partial charge in [0.25, 0.3) is 0 Å². The first-order valence-corrected chi connectivity index (χ1v) is 5.63. The van der Waals surface area contributed by atoms with Crippen LogP contribution in [0.2, 0.25) is 0 Å². The number of benzene rings is 2. The van der Waals surface area contributed by atoms with E-state index in [-0.39, 0.29) is 15.6 Å². The third-order valence-corrected chi connectivity index (χ3v) is 2.90. The van der Waals surface area contributed by atoms with E-state index >= 15 is 0 Å². The topological polar surface area (TPSA) is 17.1 Å². The van der Waals surface area contributed by atoms with E-state index < -0.39 is 17.4 Å². The minimum absolute atomic E-state index is 0.0787. The second-order valence-electron chi connectivity index (χ2n) is 3.44. The van der Waals surface area contributed by atoms with E-state index in [9.17, 15) is 13.6 Å². The molecule has 0 saturated carbocycles. The van der Waals surface area contributed by atoms with E-state index in [4.69, 9.17) is 0 Å². The first-order chi connectivity index (χ1) is 8.09. The number of carbonyl (C=O) groups is 1. The van der Waals surface area contributed by atoms with Gasteiger partial charge in [-0.05, 0) is 40.2 Å². The van der Waals surface area contributed by atoms with Gasteiger partial charge in [0, 0.05) is 5.56 Å². The van der Waals surface area contributed by atoms with Crippen LogP contribution in [0.4, 0.5) is 8.78 Å². The van der Waals surface area contributed by atoms with Crippen LogP contribution in [0.15, 0.2) is 46.9 Å².